The number of para-hydroxylation sites is 2. The zero-order valence-electron chi connectivity index (χ0n) is 12.4. The Morgan fingerprint density at radius 3 is 1.91 bits per heavy atom. The third-order valence-corrected chi connectivity index (χ3v) is 4.08. The van der Waals surface area contributed by atoms with Gasteiger partial charge in [-0.25, -0.2) is 4.79 Å². The summed E-state index contributed by atoms with van der Waals surface area (Å²) in [6.07, 6.45) is 2.53. The Bertz CT molecular complexity index is 585. The Hall–Kier alpha value is -2.33. The van der Waals surface area contributed by atoms with Crippen LogP contribution in [0.1, 0.15) is 19.3 Å². The van der Waals surface area contributed by atoms with Crippen molar-refractivity contribution in [1.29, 1.82) is 0 Å². The number of aliphatic hydroxyl groups is 1. The number of hydrogen-bond acceptors (Lipinski definition) is 2. The molecule has 0 atom stereocenters. The van der Waals surface area contributed by atoms with Crippen LogP contribution in [0.3, 0.4) is 0 Å². The van der Waals surface area contributed by atoms with Gasteiger partial charge in [-0.2, -0.15) is 0 Å². The summed E-state index contributed by atoms with van der Waals surface area (Å²) in [6.45, 7) is 0.294. The summed E-state index contributed by atoms with van der Waals surface area (Å²) in [4.78, 5) is 14.3. The van der Waals surface area contributed by atoms with Gasteiger partial charge in [-0.05, 0) is 43.5 Å². The summed E-state index contributed by atoms with van der Waals surface area (Å²) in [6, 6.07) is 18.8. The number of carbonyl (C=O) groups is 1. The largest absolute Gasteiger partial charge is 0.388 e. The standard InChI is InChI=1S/C18H20N2O2/c21-17(19-14-18(22)12-7-13-18)20(15-8-3-1-4-9-15)16-10-5-2-6-11-16/h1-6,8-11,22H,7,12-14H2,(H,19,21). The monoisotopic (exact) mass is 296 g/mol. The Kier molecular flexibility index (Phi) is 4.11. The molecule has 0 bridgehead atoms. The van der Waals surface area contributed by atoms with Crippen LogP contribution in [0.2, 0.25) is 0 Å². The molecular weight excluding hydrogens is 276 g/mol. The van der Waals surface area contributed by atoms with E-state index in [1.165, 1.54) is 0 Å². The molecule has 0 aromatic heterocycles. The molecule has 22 heavy (non-hydrogen) atoms. The molecule has 4 heteroatoms. The van der Waals surface area contributed by atoms with Crippen LogP contribution in [-0.2, 0) is 0 Å². The molecule has 114 valence electrons. The minimum atomic E-state index is -0.727. The number of hydrogen-bond donors (Lipinski definition) is 2. The van der Waals surface area contributed by atoms with Gasteiger partial charge >= 0.3 is 6.03 Å². The lowest BCUT2D eigenvalue weighted by molar-refractivity contribution is -0.0288. The summed E-state index contributed by atoms with van der Waals surface area (Å²) in [5.74, 6) is 0. The maximum Gasteiger partial charge on any atom is 0.326 e. The van der Waals surface area contributed by atoms with Gasteiger partial charge in [0.2, 0.25) is 0 Å². The van der Waals surface area contributed by atoms with Crippen molar-refractivity contribution in [3.8, 4) is 0 Å². The third kappa shape index (κ3) is 3.12. The van der Waals surface area contributed by atoms with Crippen molar-refractivity contribution < 1.29 is 9.90 Å². The van der Waals surface area contributed by atoms with Gasteiger partial charge in [0.05, 0.1) is 17.0 Å². The zero-order chi connectivity index (χ0) is 15.4. The quantitative estimate of drug-likeness (QED) is 0.908. The Morgan fingerprint density at radius 2 is 1.50 bits per heavy atom. The molecule has 0 radical (unpaired) electrons. The van der Waals surface area contributed by atoms with Crippen LogP contribution in [-0.4, -0.2) is 23.3 Å². The molecular formula is C18H20N2O2. The van der Waals surface area contributed by atoms with Crippen molar-refractivity contribution >= 4 is 17.4 Å². The summed E-state index contributed by atoms with van der Waals surface area (Å²) < 4.78 is 0. The second-order valence-corrected chi connectivity index (χ2v) is 5.74. The lowest BCUT2D eigenvalue weighted by Gasteiger charge is -2.37. The van der Waals surface area contributed by atoms with E-state index in [1.807, 2.05) is 60.7 Å². The van der Waals surface area contributed by atoms with Crippen molar-refractivity contribution in [3.63, 3.8) is 0 Å². The van der Waals surface area contributed by atoms with E-state index in [2.05, 4.69) is 5.32 Å². The SMILES string of the molecule is O=C(NCC1(O)CCC1)N(c1ccccc1)c1ccccc1. The first-order chi connectivity index (χ1) is 10.7. The summed E-state index contributed by atoms with van der Waals surface area (Å²) >= 11 is 0. The van der Waals surface area contributed by atoms with Gasteiger partial charge < -0.3 is 10.4 Å². The van der Waals surface area contributed by atoms with E-state index in [4.69, 9.17) is 0 Å². The first-order valence-corrected chi connectivity index (χ1v) is 7.58. The van der Waals surface area contributed by atoms with Gasteiger partial charge in [-0.15, -0.1) is 0 Å². The smallest absolute Gasteiger partial charge is 0.326 e. The molecule has 2 aromatic carbocycles. The van der Waals surface area contributed by atoms with Crippen LogP contribution in [0.15, 0.2) is 60.7 Å². The van der Waals surface area contributed by atoms with Crippen molar-refractivity contribution in [1.82, 2.24) is 5.32 Å². The van der Waals surface area contributed by atoms with E-state index in [9.17, 15) is 9.90 Å². The van der Waals surface area contributed by atoms with Crippen LogP contribution >= 0.6 is 0 Å². The second-order valence-electron chi connectivity index (χ2n) is 5.74. The van der Waals surface area contributed by atoms with Crippen molar-refractivity contribution in [2.24, 2.45) is 0 Å². The fourth-order valence-electron chi connectivity index (χ4n) is 2.62. The van der Waals surface area contributed by atoms with Gasteiger partial charge in [-0.3, -0.25) is 4.90 Å². The predicted molar refractivity (Wildman–Crippen MR) is 87.2 cm³/mol. The van der Waals surface area contributed by atoms with Gasteiger partial charge in [0, 0.05) is 6.54 Å². The van der Waals surface area contributed by atoms with Crippen molar-refractivity contribution in [2.45, 2.75) is 24.9 Å². The van der Waals surface area contributed by atoms with Crippen LogP contribution in [0, 0.1) is 0 Å². The van der Waals surface area contributed by atoms with E-state index < -0.39 is 5.60 Å². The van der Waals surface area contributed by atoms with Crippen LogP contribution in [0.4, 0.5) is 16.2 Å². The number of carbonyl (C=O) groups excluding carboxylic acids is 1. The van der Waals surface area contributed by atoms with E-state index in [0.29, 0.717) is 6.54 Å². The molecule has 0 saturated heterocycles. The number of benzene rings is 2. The Balaban J connectivity index is 1.80. The fraction of sp³-hybridized carbons (Fsp3) is 0.278. The van der Waals surface area contributed by atoms with Gasteiger partial charge in [0.15, 0.2) is 0 Å². The second kappa shape index (κ2) is 6.20. The first kappa shape index (κ1) is 14.6. The van der Waals surface area contributed by atoms with E-state index >= 15 is 0 Å². The fourth-order valence-corrected chi connectivity index (χ4v) is 2.62. The molecule has 4 nitrogen and oxygen atoms in total. The highest BCUT2D eigenvalue weighted by atomic mass is 16.3. The summed E-state index contributed by atoms with van der Waals surface area (Å²) in [5, 5.41) is 13.0. The van der Waals surface area contributed by atoms with Gasteiger partial charge in [-0.1, -0.05) is 36.4 Å². The van der Waals surface area contributed by atoms with Gasteiger partial charge in [0.25, 0.3) is 0 Å². The molecule has 1 aliphatic rings. The molecule has 1 aliphatic carbocycles. The third-order valence-electron chi connectivity index (χ3n) is 4.08. The minimum Gasteiger partial charge on any atom is -0.388 e. The molecule has 2 aromatic rings. The average Bonchev–Trinajstić information content (AvgIpc) is 2.53. The number of nitrogens with zero attached hydrogens (tertiary/aromatic N) is 1. The topological polar surface area (TPSA) is 52.6 Å². The molecule has 2 amide bonds. The van der Waals surface area contributed by atoms with Crippen molar-refractivity contribution in [3.05, 3.63) is 60.7 Å². The van der Waals surface area contributed by atoms with E-state index in [0.717, 1.165) is 30.6 Å². The molecule has 2 N–H and O–H groups in total. The van der Waals surface area contributed by atoms with E-state index in [-0.39, 0.29) is 6.03 Å². The summed E-state index contributed by atoms with van der Waals surface area (Å²) in [5.41, 5.74) is 0.868. The molecule has 1 saturated carbocycles. The highest BCUT2D eigenvalue weighted by Crippen LogP contribution is 2.31. The molecule has 3 rings (SSSR count). The highest BCUT2D eigenvalue weighted by Gasteiger charge is 2.35. The predicted octanol–water partition coefficient (Wildman–Crippen LogP) is 3.45. The average molecular weight is 296 g/mol. The van der Waals surface area contributed by atoms with Gasteiger partial charge in [0.1, 0.15) is 0 Å². The molecule has 0 aliphatic heterocycles. The van der Waals surface area contributed by atoms with Crippen LogP contribution in [0.25, 0.3) is 0 Å². The zero-order valence-corrected chi connectivity index (χ0v) is 12.4. The lowest BCUT2D eigenvalue weighted by Crippen LogP contribution is -2.50. The molecule has 0 unspecified atom stereocenters. The van der Waals surface area contributed by atoms with Crippen LogP contribution in [0.5, 0.6) is 0 Å². The minimum absolute atomic E-state index is 0.224. The normalized spacial score (nSPS) is 15.7. The molecule has 0 spiro atoms. The Labute approximate surface area is 130 Å². The molecule has 1 fully saturated rings. The number of urea groups is 1. The summed E-state index contributed by atoms with van der Waals surface area (Å²) in [7, 11) is 0. The van der Waals surface area contributed by atoms with Crippen molar-refractivity contribution in [2.75, 3.05) is 11.4 Å². The molecule has 0 heterocycles. The lowest BCUT2D eigenvalue weighted by atomic mass is 9.80. The number of nitrogens with one attached hydrogen (secondary N) is 1. The number of amides is 2. The number of anilines is 2. The number of rotatable bonds is 4. The van der Waals surface area contributed by atoms with Crippen LogP contribution < -0.4 is 10.2 Å². The Morgan fingerprint density at radius 1 is 1.00 bits per heavy atom. The first-order valence-electron chi connectivity index (χ1n) is 7.58. The maximum atomic E-state index is 12.6. The van der Waals surface area contributed by atoms with E-state index in [1.54, 1.807) is 4.90 Å². The maximum absolute atomic E-state index is 12.6. The highest BCUT2D eigenvalue weighted by molar-refractivity contribution is 5.99.